The molecule has 1 saturated heterocycles. The number of piperidine rings is 1. The van der Waals surface area contributed by atoms with E-state index in [1.54, 1.807) is 0 Å². The molecule has 1 fully saturated rings. The first-order valence-corrected chi connectivity index (χ1v) is 5.80. The average molecular weight is 236 g/mol. The molecular formula is C13H16FNO2. The van der Waals surface area contributed by atoms with Gasteiger partial charge >= 0.3 is 5.97 Å². The van der Waals surface area contributed by atoms with Crippen molar-refractivity contribution < 1.29 is 13.9 Å². The highest BCUT2D eigenvalue weighted by atomic mass is 19.1. The van der Waals surface area contributed by atoms with Gasteiger partial charge in [0.25, 0.3) is 0 Å². The zero-order chi connectivity index (χ0) is 12.3. The molecule has 1 aliphatic heterocycles. The van der Waals surface area contributed by atoms with E-state index in [2.05, 4.69) is 11.9 Å². The Morgan fingerprint density at radius 2 is 1.88 bits per heavy atom. The van der Waals surface area contributed by atoms with Gasteiger partial charge < -0.3 is 9.64 Å². The molecule has 0 aromatic heterocycles. The van der Waals surface area contributed by atoms with Crippen LogP contribution in [0.2, 0.25) is 0 Å². The molecule has 17 heavy (non-hydrogen) atoms. The maximum absolute atomic E-state index is 12.7. The molecule has 3 nitrogen and oxygen atoms in total. The summed E-state index contributed by atoms with van der Waals surface area (Å²) in [6.07, 6.45) is 1.72. The second-order valence-corrected chi connectivity index (χ2v) is 4.41. The second kappa shape index (κ2) is 5.27. The monoisotopic (exact) mass is 236 g/mol. The van der Waals surface area contributed by atoms with Crippen LogP contribution in [0.15, 0.2) is 24.3 Å². The Kier molecular flexibility index (Phi) is 3.74. The van der Waals surface area contributed by atoms with Gasteiger partial charge in [-0.1, -0.05) is 0 Å². The SMILES string of the molecule is [11CH3]N1CCC(OC(=O)c2ccc(F)cc2)CC1. The maximum Gasteiger partial charge on any atom is 0.338 e. The van der Waals surface area contributed by atoms with Crippen LogP contribution < -0.4 is 0 Å². The van der Waals surface area contributed by atoms with E-state index >= 15 is 0 Å². The molecule has 0 saturated carbocycles. The number of rotatable bonds is 2. The zero-order valence-electron chi connectivity index (χ0n) is 9.86. The van der Waals surface area contributed by atoms with Crippen LogP contribution in [0.5, 0.6) is 0 Å². The molecule has 1 aromatic carbocycles. The molecule has 0 spiro atoms. The van der Waals surface area contributed by atoms with Crippen LogP contribution in [-0.2, 0) is 4.74 Å². The standard InChI is InChI=1S/C13H16FNO2/c1-15-8-6-12(7-9-15)17-13(16)10-2-4-11(14)5-3-10/h2-5,12H,6-9H2,1H3/i1-1. The number of nitrogens with zero attached hydrogens (tertiary/aromatic N) is 1. The van der Waals surface area contributed by atoms with Gasteiger partial charge in [0.05, 0.1) is 5.56 Å². The molecule has 0 radical (unpaired) electrons. The molecule has 1 aromatic rings. The van der Waals surface area contributed by atoms with Crippen molar-refractivity contribution in [2.75, 3.05) is 20.1 Å². The van der Waals surface area contributed by atoms with Crippen LogP contribution in [0.3, 0.4) is 0 Å². The molecule has 0 bridgehead atoms. The molecule has 0 atom stereocenters. The summed E-state index contributed by atoms with van der Waals surface area (Å²) in [4.78, 5) is 14.0. The third kappa shape index (κ3) is 3.27. The molecule has 2 rings (SSSR count). The number of likely N-dealkylation sites (tertiary alicyclic amines) is 1. The van der Waals surface area contributed by atoms with E-state index in [1.165, 1.54) is 24.3 Å². The number of carbonyl (C=O) groups excluding carboxylic acids is 1. The second-order valence-electron chi connectivity index (χ2n) is 4.41. The lowest BCUT2D eigenvalue weighted by Gasteiger charge is -2.28. The first-order chi connectivity index (χ1) is 8.15. The van der Waals surface area contributed by atoms with Gasteiger partial charge in [-0.05, 0) is 44.2 Å². The van der Waals surface area contributed by atoms with E-state index < -0.39 is 0 Å². The molecule has 1 aliphatic rings. The topological polar surface area (TPSA) is 29.5 Å². The summed E-state index contributed by atoms with van der Waals surface area (Å²) in [5.41, 5.74) is 0.408. The van der Waals surface area contributed by atoms with E-state index in [1.807, 2.05) is 0 Å². The van der Waals surface area contributed by atoms with Crippen molar-refractivity contribution in [3.05, 3.63) is 35.6 Å². The fourth-order valence-corrected chi connectivity index (χ4v) is 1.91. The summed E-state index contributed by atoms with van der Waals surface area (Å²) in [6, 6.07) is 5.44. The minimum atomic E-state index is -0.362. The largest absolute Gasteiger partial charge is 0.459 e. The van der Waals surface area contributed by atoms with Gasteiger partial charge in [-0.2, -0.15) is 0 Å². The number of ether oxygens (including phenoxy) is 1. The van der Waals surface area contributed by atoms with Crippen LogP contribution in [0.4, 0.5) is 4.39 Å². The predicted molar refractivity (Wildman–Crippen MR) is 62.3 cm³/mol. The van der Waals surface area contributed by atoms with E-state index in [4.69, 9.17) is 4.74 Å². The van der Waals surface area contributed by atoms with Gasteiger partial charge in [-0.3, -0.25) is 0 Å². The van der Waals surface area contributed by atoms with E-state index in [0.29, 0.717) is 5.56 Å². The van der Waals surface area contributed by atoms with Crippen LogP contribution in [0, 0.1) is 5.82 Å². The highest BCUT2D eigenvalue weighted by Crippen LogP contribution is 2.14. The van der Waals surface area contributed by atoms with Crippen molar-refractivity contribution in [1.29, 1.82) is 0 Å². The number of carbonyl (C=O) groups is 1. The summed E-state index contributed by atoms with van der Waals surface area (Å²) in [6.45, 7) is 1.89. The Hall–Kier alpha value is -1.42. The lowest BCUT2D eigenvalue weighted by atomic mass is 10.1. The quantitative estimate of drug-likeness (QED) is 0.736. The van der Waals surface area contributed by atoms with Crippen molar-refractivity contribution in [2.24, 2.45) is 0 Å². The normalized spacial score (nSPS) is 18.0. The van der Waals surface area contributed by atoms with Crippen molar-refractivity contribution >= 4 is 5.97 Å². The van der Waals surface area contributed by atoms with E-state index in [-0.39, 0.29) is 17.9 Å². The van der Waals surface area contributed by atoms with Crippen LogP contribution in [0.25, 0.3) is 0 Å². The van der Waals surface area contributed by atoms with Crippen molar-refractivity contribution in [3.8, 4) is 0 Å². The van der Waals surface area contributed by atoms with Crippen molar-refractivity contribution in [3.63, 3.8) is 0 Å². The van der Waals surface area contributed by atoms with Crippen LogP contribution in [-0.4, -0.2) is 37.1 Å². The Labute approximate surface area is 100 Å². The summed E-state index contributed by atoms with van der Waals surface area (Å²) in [7, 11) is 2.05. The molecule has 0 N–H and O–H groups in total. The van der Waals surface area contributed by atoms with E-state index in [0.717, 1.165) is 25.9 Å². The lowest BCUT2D eigenvalue weighted by Crippen LogP contribution is -2.35. The van der Waals surface area contributed by atoms with Gasteiger partial charge in [0.1, 0.15) is 11.9 Å². The van der Waals surface area contributed by atoms with Crippen LogP contribution >= 0.6 is 0 Å². The number of benzene rings is 1. The Balaban J connectivity index is 1.91. The molecular weight excluding hydrogens is 220 g/mol. The Morgan fingerprint density at radius 3 is 2.47 bits per heavy atom. The predicted octanol–water partition coefficient (Wildman–Crippen LogP) is 2.08. The first-order valence-electron chi connectivity index (χ1n) is 5.80. The molecule has 4 heteroatoms. The molecule has 0 amide bonds. The highest BCUT2D eigenvalue weighted by molar-refractivity contribution is 5.89. The van der Waals surface area contributed by atoms with Gasteiger partial charge in [0, 0.05) is 13.1 Å². The number of halogens is 1. The van der Waals surface area contributed by atoms with Gasteiger partial charge in [0.2, 0.25) is 0 Å². The molecule has 1 heterocycles. The fraction of sp³-hybridized carbons (Fsp3) is 0.462. The van der Waals surface area contributed by atoms with Gasteiger partial charge in [-0.15, -0.1) is 0 Å². The van der Waals surface area contributed by atoms with Crippen LogP contribution in [0.1, 0.15) is 23.2 Å². The summed E-state index contributed by atoms with van der Waals surface area (Å²) in [5.74, 6) is -0.708. The molecule has 92 valence electrons. The van der Waals surface area contributed by atoms with Gasteiger partial charge in [-0.25, -0.2) is 9.18 Å². The Morgan fingerprint density at radius 1 is 1.29 bits per heavy atom. The average Bonchev–Trinajstić information content (AvgIpc) is 2.33. The minimum absolute atomic E-state index is 0.0104. The Bertz CT molecular complexity index is 383. The number of esters is 1. The third-order valence-electron chi connectivity index (χ3n) is 3.02. The fourth-order valence-electron chi connectivity index (χ4n) is 1.91. The summed E-state index contributed by atoms with van der Waals surface area (Å²) < 4.78 is 18.1. The smallest absolute Gasteiger partial charge is 0.338 e. The third-order valence-corrected chi connectivity index (χ3v) is 3.02. The zero-order valence-corrected chi connectivity index (χ0v) is 9.86. The number of hydrogen-bond acceptors (Lipinski definition) is 3. The highest BCUT2D eigenvalue weighted by Gasteiger charge is 2.20. The molecule has 0 aliphatic carbocycles. The van der Waals surface area contributed by atoms with E-state index in [9.17, 15) is 9.18 Å². The maximum atomic E-state index is 12.7. The van der Waals surface area contributed by atoms with Gasteiger partial charge in [0.15, 0.2) is 0 Å². The lowest BCUT2D eigenvalue weighted by molar-refractivity contribution is 0.0139. The molecule has 0 unspecified atom stereocenters. The number of hydrogen-bond donors (Lipinski definition) is 0. The summed E-state index contributed by atoms with van der Waals surface area (Å²) in [5, 5.41) is 0. The summed E-state index contributed by atoms with van der Waals surface area (Å²) >= 11 is 0. The minimum Gasteiger partial charge on any atom is -0.459 e. The van der Waals surface area contributed by atoms with Crippen molar-refractivity contribution in [1.82, 2.24) is 4.90 Å². The van der Waals surface area contributed by atoms with Crippen molar-refractivity contribution in [2.45, 2.75) is 18.9 Å². The first kappa shape index (κ1) is 12.0.